The standard InChI is InChI=1S/C24H27F2N7O2/c1-16-12-28-33(13-16)22-10-18(32-14-24(15-32)4-7-31(8-5-24)17(2)34)9-21(30-22)29-20-11-19(3-6-27-20)35-23(25)26/h3,6,9-13,23H,4-5,7-8,14-15H2,1-2H3,(H,27,29,30). The number of carbonyl (C=O) groups excluding carboxylic acids is 1. The van der Waals surface area contributed by atoms with Gasteiger partial charge in [-0.3, -0.25) is 4.79 Å². The number of alkyl halides is 2. The summed E-state index contributed by atoms with van der Waals surface area (Å²) in [6.07, 6.45) is 7.03. The van der Waals surface area contributed by atoms with Crippen molar-refractivity contribution in [3.63, 3.8) is 0 Å². The van der Waals surface area contributed by atoms with E-state index < -0.39 is 6.61 Å². The summed E-state index contributed by atoms with van der Waals surface area (Å²) in [7, 11) is 0. The summed E-state index contributed by atoms with van der Waals surface area (Å²) >= 11 is 0. The number of hydrogen-bond acceptors (Lipinski definition) is 7. The monoisotopic (exact) mass is 483 g/mol. The number of nitrogens with zero attached hydrogens (tertiary/aromatic N) is 6. The number of pyridine rings is 2. The van der Waals surface area contributed by atoms with E-state index in [1.54, 1.807) is 17.8 Å². The van der Waals surface area contributed by atoms with Crippen molar-refractivity contribution in [1.29, 1.82) is 0 Å². The van der Waals surface area contributed by atoms with Gasteiger partial charge in [-0.1, -0.05) is 0 Å². The number of amides is 1. The Labute approximate surface area is 201 Å². The fourth-order valence-electron chi connectivity index (χ4n) is 4.75. The molecule has 0 bridgehead atoms. The number of ether oxygens (including phenoxy) is 1. The number of likely N-dealkylation sites (tertiary alicyclic amines) is 1. The topological polar surface area (TPSA) is 88.4 Å². The van der Waals surface area contributed by atoms with Crippen LogP contribution in [0.25, 0.3) is 5.82 Å². The molecule has 0 aliphatic carbocycles. The number of halogens is 2. The molecular weight excluding hydrogens is 456 g/mol. The first-order valence-electron chi connectivity index (χ1n) is 11.5. The third kappa shape index (κ3) is 5.03. The quantitative estimate of drug-likeness (QED) is 0.571. The van der Waals surface area contributed by atoms with Crippen LogP contribution in [-0.2, 0) is 4.79 Å². The van der Waals surface area contributed by atoms with Crippen molar-refractivity contribution in [2.24, 2.45) is 5.41 Å². The number of aromatic nitrogens is 4. The summed E-state index contributed by atoms with van der Waals surface area (Å²) in [5.41, 5.74) is 2.20. The summed E-state index contributed by atoms with van der Waals surface area (Å²) in [6, 6.07) is 6.68. The van der Waals surface area contributed by atoms with Gasteiger partial charge in [0.2, 0.25) is 5.91 Å². The predicted molar refractivity (Wildman–Crippen MR) is 126 cm³/mol. The molecule has 2 saturated heterocycles. The van der Waals surface area contributed by atoms with Gasteiger partial charge in [-0.05, 0) is 31.4 Å². The van der Waals surface area contributed by atoms with Crippen LogP contribution in [0.3, 0.4) is 0 Å². The Balaban J connectivity index is 1.38. The molecule has 11 heteroatoms. The Morgan fingerprint density at radius 2 is 1.94 bits per heavy atom. The lowest BCUT2D eigenvalue weighted by Crippen LogP contribution is -2.60. The van der Waals surface area contributed by atoms with Gasteiger partial charge < -0.3 is 19.9 Å². The maximum atomic E-state index is 12.6. The molecule has 3 aromatic rings. The summed E-state index contributed by atoms with van der Waals surface area (Å²) in [4.78, 5) is 24.8. The van der Waals surface area contributed by atoms with Crippen molar-refractivity contribution in [1.82, 2.24) is 24.6 Å². The van der Waals surface area contributed by atoms with E-state index in [-0.39, 0.29) is 17.1 Å². The zero-order valence-electron chi connectivity index (χ0n) is 19.6. The van der Waals surface area contributed by atoms with Gasteiger partial charge in [0.25, 0.3) is 0 Å². The van der Waals surface area contributed by atoms with Crippen molar-refractivity contribution in [3.05, 3.63) is 48.4 Å². The van der Waals surface area contributed by atoms with Gasteiger partial charge in [0.05, 0.1) is 6.20 Å². The second-order valence-corrected chi connectivity index (χ2v) is 9.27. The maximum Gasteiger partial charge on any atom is 0.387 e. The molecule has 2 fully saturated rings. The minimum absolute atomic E-state index is 0.0122. The number of carbonyl (C=O) groups is 1. The summed E-state index contributed by atoms with van der Waals surface area (Å²) in [6.45, 7) is 4.06. The zero-order chi connectivity index (χ0) is 24.6. The first-order valence-corrected chi connectivity index (χ1v) is 11.5. The lowest BCUT2D eigenvalue weighted by molar-refractivity contribution is -0.131. The highest BCUT2D eigenvalue weighted by Gasteiger charge is 2.45. The first kappa shape index (κ1) is 23.0. The number of rotatable bonds is 6. The number of nitrogens with one attached hydrogen (secondary N) is 1. The highest BCUT2D eigenvalue weighted by atomic mass is 19.3. The van der Waals surface area contributed by atoms with E-state index in [1.807, 2.05) is 30.2 Å². The molecule has 1 N–H and O–H groups in total. The highest BCUT2D eigenvalue weighted by molar-refractivity contribution is 5.73. The molecular formula is C24H27F2N7O2. The fraction of sp³-hybridized carbons (Fsp3) is 0.417. The third-order valence-corrected chi connectivity index (χ3v) is 6.64. The summed E-state index contributed by atoms with van der Waals surface area (Å²) in [5, 5.41) is 7.49. The second kappa shape index (κ2) is 9.12. The number of aryl methyl sites for hydroxylation is 1. The summed E-state index contributed by atoms with van der Waals surface area (Å²) < 4.78 is 31.4. The fourth-order valence-corrected chi connectivity index (χ4v) is 4.75. The largest absolute Gasteiger partial charge is 0.435 e. The third-order valence-electron chi connectivity index (χ3n) is 6.64. The van der Waals surface area contributed by atoms with Crippen molar-refractivity contribution in [3.8, 4) is 11.6 Å². The molecule has 0 radical (unpaired) electrons. The summed E-state index contributed by atoms with van der Waals surface area (Å²) in [5.74, 6) is 1.63. The highest BCUT2D eigenvalue weighted by Crippen LogP contribution is 2.43. The Morgan fingerprint density at radius 3 is 2.60 bits per heavy atom. The van der Waals surface area contributed by atoms with Gasteiger partial charge in [0.1, 0.15) is 17.4 Å². The number of piperidine rings is 1. The second-order valence-electron chi connectivity index (χ2n) is 9.27. The van der Waals surface area contributed by atoms with Crippen LogP contribution in [0.15, 0.2) is 42.9 Å². The first-order chi connectivity index (χ1) is 16.8. The molecule has 0 aromatic carbocycles. The zero-order valence-corrected chi connectivity index (χ0v) is 19.6. The van der Waals surface area contributed by atoms with E-state index in [0.717, 1.165) is 50.3 Å². The Morgan fingerprint density at radius 1 is 1.17 bits per heavy atom. The van der Waals surface area contributed by atoms with Gasteiger partial charge in [0.15, 0.2) is 5.82 Å². The molecule has 35 heavy (non-hydrogen) atoms. The molecule has 0 atom stereocenters. The van der Waals surface area contributed by atoms with Crippen LogP contribution >= 0.6 is 0 Å². The molecule has 0 saturated carbocycles. The predicted octanol–water partition coefficient (Wildman–Crippen LogP) is 3.76. The molecule has 9 nitrogen and oxygen atoms in total. The molecule has 2 aliphatic heterocycles. The Hall–Kier alpha value is -3.76. The SMILES string of the molecule is CC(=O)N1CCC2(CC1)CN(c1cc(Nc3cc(OC(F)F)ccn3)nc(-n3cc(C)cn3)c1)C2. The van der Waals surface area contributed by atoms with E-state index in [4.69, 9.17) is 0 Å². The molecule has 1 spiro atoms. The normalized spacial score (nSPS) is 16.9. The molecule has 5 heterocycles. The van der Waals surface area contributed by atoms with Gasteiger partial charge in [-0.15, -0.1) is 0 Å². The average Bonchev–Trinajstić information content (AvgIpc) is 3.23. The molecule has 1 amide bonds. The average molecular weight is 484 g/mol. The molecule has 0 unspecified atom stereocenters. The van der Waals surface area contributed by atoms with Crippen molar-refractivity contribution < 1.29 is 18.3 Å². The van der Waals surface area contributed by atoms with E-state index in [0.29, 0.717) is 17.5 Å². The van der Waals surface area contributed by atoms with Gasteiger partial charge in [-0.25, -0.2) is 14.6 Å². The lowest BCUT2D eigenvalue weighted by Gasteiger charge is -2.55. The van der Waals surface area contributed by atoms with Crippen LogP contribution in [0, 0.1) is 12.3 Å². The van der Waals surface area contributed by atoms with Gasteiger partial charge >= 0.3 is 6.61 Å². The van der Waals surface area contributed by atoms with Crippen LogP contribution in [0.1, 0.15) is 25.3 Å². The van der Waals surface area contributed by atoms with Gasteiger partial charge in [-0.2, -0.15) is 13.9 Å². The van der Waals surface area contributed by atoms with Crippen LogP contribution < -0.4 is 15.0 Å². The minimum Gasteiger partial charge on any atom is -0.435 e. The van der Waals surface area contributed by atoms with Crippen LogP contribution in [0.2, 0.25) is 0 Å². The van der Waals surface area contributed by atoms with Crippen molar-refractivity contribution in [2.45, 2.75) is 33.3 Å². The lowest BCUT2D eigenvalue weighted by atomic mass is 9.71. The van der Waals surface area contributed by atoms with E-state index in [9.17, 15) is 13.6 Å². The molecule has 184 valence electrons. The van der Waals surface area contributed by atoms with Crippen molar-refractivity contribution in [2.75, 3.05) is 36.4 Å². The maximum absolute atomic E-state index is 12.6. The van der Waals surface area contributed by atoms with Gasteiger partial charge in [0, 0.05) is 74.8 Å². The van der Waals surface area contributed by atoms with Crippen molar-refractivity contribution >= 4 is 23.2 Å². The molecule has 5 rings (SSSR count). The number of hydrogen-bond donors (Lipinski definition) is 1. The van der Waals surface area contributed by atoms with Crippen LogP contribution in [-0.4, -0.2) is 63.3 Å². The van der Waals surface area contributed by atoms with Crippen LogP contribution in [0.5, 0.6) is 5.75 Å². The van der Waals surface area contributed by atoms with E-state index in [2.05, 4.69) is 30.0 Å². The number of anilines is 3. The smallest absolute Gasteiger partial charge is 0.387 e. The Kier molecular flexibility index (Phi) is 6.00. The molecule has 3 aromatic heterocycles. The van der Waals surface area contributed by atoms with E-state index >= 15 is 0 Å². The molecule has 2 aliphatic rings. The minimum atomic E-state index is -2.91. The van der Waals surface area contributed by atoms with Crippen LogP contribution in [0.4, 0.5) is 26.1 Å². The van der Waals surface area contributed by atoms with E-state index in [1.165, 1.54) is 18.3 Å². The Bertz CT molecular complexity index is 1220.